The molecule has 0 amide bonds. The number of nitrogens with zero attached hydrogens (tertiary/aromatic N) is 4. The Morgan fingerprint density at radius 3 is 2.89 bits per heavy atom. The van der Waals surface area contributed by atoms with Crippen LogP contribution in [0.2, 0.25) is 0 Å². The summed E-state index contributed by atoms with van der Waals surface area (Å²) in [5.74, 6) is 0.624. The van der Waals surface area contributed by atoms with Crippen molar-refractivity contribution in [2.24, 2.45) is 5.73 Å². The first-order valence-electron chi connectivity index (χ1n) is 9.34. The number of aromatic nitrogens is 5. The normalized spacial score (nSPS) is 20.2. The largest absolute Gasteiger partial charge is 0.359 e. The van der Waals surface area contributed by atoms with Gasteiger partial charge in [0.25, 0.3) is 0 Å². The zero-order valence-corrected chi connectivity index (χ0v) is 14.9. The van der Waals surface area contributed by atoms with Crippen molar-refractivity contribution in [3.05, 3.63) is 43.2 Å². The predicted molar refractivity (Wildman–Crippen MR) is 106 cm³/mol. The lowest BCUT2D eigenvalue weighted by molar-refractivity contribution is 0.402. The first kappa shape index (κ1) is 16.1. The molecule has 0 radical (unpaired) electrons. The molecule has 136 valence electrons. The van der Waals surface area contributed by atoms with E-state index in [0.29, 0.717) is 5.95 Å². The molecule has 2 atom stereocenters. The van der Waals surface area contributed by atoms with Crippen LogP contribution in [0.3, 0.4) is 0 Å². The van der Waals surface area contributed by atoms with Crippen LogP contribution in [-0.2, 0) is 0 Å². The average Bonchev–Trinajstić information content (AvgIpc) is 3.13. The molecule has 0 aromatic carbocycles. The van der Waals surface area contributed by atoms with E-state index in [9.17, 15) is 0 Å². The van der Waals surface area contributed by atoms with Gasteiger partial charge in [0.15, 0.2) is 0 Å². The molecule has 4 heterocycles. The molecule has 5 rings (SSSR count). The number of hydrogen-bond acceptors (Lipinski definition) is 6. The van der Waals surface area contributed by atoms with Crippen molar-refractivity contribution in [1.29, 1.82) is 0 Å². The third-order valence-electron chi connectivity index (χ3n) is 5.40. The Kier molecular flexibility index (Phi) is 3.94. The second kappa shape index (κ2) is 6.59. The van der Waals surface area contributed by atoms with Crippen molar-refractivity contribution in [2.45, 2.75) is 37.8 Å². The Morgan fingerprint density at radius 1 is 1.04 bits per heavy atom. The summed E-state index contributed by atoms with van der Waals surface area (Å²) in [6.07, 6.45) is 15.6. The fourth-order valence-electron chi connectivity index (χ4n) is 3.92. The number of H-pyrrole nitrogens is 1. The van der Waals surface area contributed by atoms with Crippen LogP contribution in [0.25, 0.3) is 32.9 Å². The Hall–Kier alpha value is -3.06. The van der Waals surface area contributed by atoms with Gasteiger partial charge in [-0.15, -0.1) is 0 Å². The van der Waals surface area contributed by atoms with Crippen LogP contribution in [0.15, 0.2) is 43.2 Å². The van der Waals surface area contributed by atoms with Gasteiger partial charge < -0.3 is 16.0 Å². The Labute approximate surface area is 156 Å². The maximum Gasteiger partial charge on any atom is 0.223 e. The number of pyridine rings is 2. The van der Waals surface area contributed by atoms with E-state index in [1.807, 2.05) is 30.9 Å². The molecule has 7 nitrogen and oxygen atoms in total. The summed E-state index contributed by atoms with van der Waals surface area (Å²) in [6.45, 7) is 0. The van der Waals surface area contributed by atoms with Gasteiger partial charge in [-0.2, -0.15) is 0 Å². The summed E-state index contributed by atoms with van der Waals surface area (Å²) in [5, 5.41) is 5.46. The van der Waals surface area contributed by atoms with Gasteiger partial charge >= 0.3 is 0 Å². The minimum absolute atomic E-state index is 0.149. The van der Waals surface area contributed by atoms with Crippen molar-refractivity contribution in [3.8, 4) is 11.1 Å². The highest BCUT2D eigenvalue weighted by atomic mass is 15.1. The lowest BCUT2D eigenvalue weighted by Gasteiger charge is -2.29. The van der Waals surface area contributed by atoms with Crippen molar-refractivity contribution < 1.29 is 0 Å². The second-order valence-corrected chi connectivity index (χ2v) is 7.14. The lowest BCUT2D eigenvalue weighted by atomic mass is 9.91. The molecule has 1 aliphatic rings. The van der Waals surface area contributed by atoms with Gasteiger partial charge in [0, 0.05) is 65.0 Å². The van der Waals surface area contributed by atoms with E-state index in [1.54, 1.807) is 12.4 Å². The SMILES string of the molecule is N[C@@H]1CCCC[C@@H]1Nc1ncc2cncc(-c3c[nH]c4cnccc34)c2n1. The molecule has 0 bridgehead atoms. The molecule has 1 aliphatic carbocycles. The quantitative estimate of drug-likeness (QED) is 0.518. The molecule has 27 heavy (non-hydrogen) atoms. The van der Waals surface area contributed by atoms with Crippen LogP contribution in [0.4, 0.5) is 5.95 Å². The van der Waals surface area contributed by atoms with Gasteiger partial charge in [-0.3, -0.25) is 9.97 Å². The summed E-state index contributed by atoms with van der Waals surface area (Å²) >= 11 is 0. The molecule has 4 aromatic rings. The summed E-state index contributed by atoms with van der Waals surface area (Å²) in [4.78, 5) is 21.1. The first-order valence-corrected chi connectivity index (χ1v) is 9.34. The van der Waals surface area contributed by atoms with Gasteiger partial charge in [-0.25, -0.2) is 9.97 Å². The topological polar surface area (TPSA) is 105 Å². The predicted octanol–water partition coefficient (Wildman–Crippen LogP) is 3.25. The number of rotatable bonds is 3. The monoisotopic (exact) mass is 359 g/mol. The van der Waals surface area contributed by atoms with E-state index in [-0.39, 0.29) is 12.1 Å². The van der Waals surface area contributed by atoms with Gasteiger partial charge in [-0.1, -0.05) is 12.8 Å². The maximum atomic E-state index is 6.27. The minimum Gasteiger partial charge on any atom is -0.359 e. The van der Waals surface area contributed by atoms with Crippen LogP contribution < -0.4 is 11.1 Å². The number of anilines is 1. The second-order valence-electron chi connectivity index (χ2n) is 7.14. The Bertz CT molecular complexity index is 1100. The van der Waals surface area contributed by atoms with E-state index >= 15 is 0 Å². The van der Waals surface area contributed by atoms with Crippen LogP contribution in [0.1, 0.15) is 25.7 Å². The summed E-state index contributed by atoms with van der Waals surface area (Å²) in [5.41, 5.74) is 10.2. The fourth-order valence-corrected chi connectivity index (χ4v) is 3.92. The first-order chi connectivity index (χ1) is 13.3. The molecule has 0 aliphatic heterocycles. The molecular formula is C20H21N7. The highest BCUT2D eigenvalue weighted by molar-refractivity contribution is 6.02. The third kappa shape index (κ3) is 2.90. The van der Waals surface area contributed by atoms with E-state index in [2.05, 4.69) is 25.3 Å². The van der Waals surface area contributed by atoms with Crippen molar-refractivity contribution in [1.82, 2.24) is 24.9 Å². The van der Waals surface area contributed by atoms with Crippen LogP contribution in [-0.4, -0.2) is 37.0 Å². The number of fused-ring (bicyclic) bond motifs is 2. The third-order valence-corrected chi connectivity index (χ3v) is 5.40. The minimum atomic E-state index is 0.149. The highest BCUT2D eigenvalue weighted by Gasteiger charge is 2.22. The smallest absolute Gasteiger partial charge is 0.223 e. The van der Waals surface area contributed by atoms with Gasteiger partial charge in [0.1, 0.15) is 0 Å². The zero-order chi connectivity index (χ0) is 18.2. The molecule has 7 heteroatoms. The summed E-state index contributed by atoms with van der Waals surface area (Å²) < 4.78 is 0. The fraction of sp³-hybridized carbons (Fsp3) is 0.300. The molecule has 4 N–H and O–H groups in total. The van der Waals surface area contributed by atoms with Gasteiger partial charge in [0.05, 0.1) is 17.2 Å². The van der Waals surface area contributed by atoms with Crippen LogP contribution in [0.5, 0.6) is 0 Å². The highest BCUT2D eigenvalue weighted by Crippen LogP contribution is 2.32. The van der Waals surface area contributed by atoms with E-state index < -0.39 is 0 Å². The van der Waals surface area contributed by atoms with Crippen molar-refractivity contribution in [3.63, 3.8) is 0 Å². The molecule has 0 saturated heterocycles. The number of nitrogens with one attached hydrogen (secondary N) is 2. The zero-order valence-electron chi connectivity index (χ0n) is 14.9. The molecule has 0 unspecified atom stereocenters. The molecule has 1 fully saturated rings. The summed E-state index contributed by atoms with van der Waals surface area (Å²) in [7, 11) is 0. The molecule has 0 spiro atoms. The summed E-state index contributed by atoms with van der Waals surface area (Å²) in [6, 6.07) is 2.37. The van der Waals surface area contributed by atoms with E-state index in [4.69, 9.17) is 10.7 Å². The lowest BCUT2D eigenvalue weighted by Crippen LogP contribution is -2.42. The van der Waals surface area contributed by atoms with Crippen molar-refractivity contribution in [2.75, 3.05) is 5.32 Å². The molecular weight excluding hydrogens is 338 g/mol. The van der Waals surface area contributed by atoms with Crippen molar-refractivity contribution >= 4 is 27.8 Å². The Morgan fingerprint density at radius 2 is 1.96 bits per heavy atom. The number of nitrogens with two attached hydrogens (primary N) is 1. The van der Waals surface area contributed by atoms with Gasteiger partial charge in [-0.05, 0) is 18.9 Å². The van der Waals surface area contributed by atoms with E-state index in [1.165, 1.54) is 12.8 Å². The molecule has 4 aromatic heterocycles. The van der Waals surface area contributed by atoms with Gasteiger partial charge in [0.2, 0.25) is 5.95 Å². The Balaban J connectivity index is 1.59. The van der Waals surface area contributed by atoms with Crippen LogP contribution >= 0.6 is 0 Å². The molecule has 1 saturated carbocycles. The average molecular weight is 359 g/mol. The number of aromatic amines is 1. The number of hydrogen-bond donors (Lipinski definition) is 3. The van der Waals surface area contributed by atoms with E-state index in [0.717, 1.165) is 45.8 Å². The van der Waals surface area contributed by atoms with Crippen LogP contribution in [0, 0.1) is 0 Å². The maximum absolute atomic E-state index is 6.27. The standard InChI is InChI=1S/C20H21N7/c21-16-3-1-2-4-17(16)26-20-25-8-12-7-23-9-15(19(12)27-20)14-10-24-18-11-22-6-5-13(14)18/h5-11,16-17,24H,1-4,21H2,(H,25,26,27)/t16-,17+/m1/s1.